The van der Waals surface area contributed by atoms with E-state index >= 15 is 0 Å². The van der Waals surface area contributed by atoms with Crippen molar-refractivity contribution in [2.75, 3.05) is 7.11 Å². The fraction of sp³-hybridized carbons (Fsp3) is 0.385. The van der Waals surface area contributed by atoms with Crippen LogP contribution in [-0.2, 0) is 17.6 Å². The number of H-pyrrole nitrogens is 1. The molecule has 4 heteroatoms. The van der Waals surface area contributed by atoms with Crippen LogP contribution in [0.5, 0.6) is 0 Å². The van der Waals surface area contributed by atoms with E-state index in [9.17, 15) is 4.79 Å². The van der Waals surface area contributed by atoms with E-state index in [4.69, 9.17) is 4.74 Å². The van der Waals surface area contributed by atoms with Crippen LogP contribution in [0.1, 0.15) is 33.7 Å². The molecular weight excluding hydrogens is 216 g/mol. The van der Waals surface area contributed by atoms with Crippen molar-refractivity contribution >= 4 is 17.0 Å². The first-order chi connectivity index (χ1) is 8.20. The number of aryl methyl sites for hydroxylation is 2. The number of methoxy groups -OCH3 is 1. The van der Waals surface area contributed by atoms with Gasteiger partial charge in [-0.1, -0.05) is 0 Å². The van der Waals surface area contributed by atoms with E-state index in [-0.39, 0.29) is 5.97 Å². The smallest absolute Gasteiger partial charge is 0.354 e. The molecule has 0 radical (unpaired) electrons. The summed E-state index contributed by atoms with van der Waals surface area (Å²) in [6.07, 6.45) is 3.32. The molecule has 17 heavy (non-hydrogen) atoms. The Morgan fingerprint density at radius 3 is 3.06 bits per heavy atom. The number of carbonyl (C=O) groups excluding carboxylic acids is 1. The lowest BCUT2D eigenvalue weighted by molar-refractivity contribution is 0.0595. The summed E-state index contributed by atoms with van der Waals surface area (Å²) in [5.74, 6) is -0.345. The number of pyridine rings is 1. The molecule has 1 aliphatic rings. The normalized spacial score (nSPS) is 14.0. The van der Waals surface area contributed by atoms with Gasteiger partial charge in [-0.25, -0.2) is 9.78 Å². The average molecular weight is 230 g/mol. The highest BCUT2D eigenvalue weighted by atomic mass is 16.5. The fourth-order valence-electron chi connectivity index (χ4n) is 2.59. The predicted octanol–water partition coefficient (Wildman–Crippen LogP) is 2.15. The molecule has 0 unspecified atom stereocenters. The number of aromatic nitrogens is 2. The summed E-state index contributed by atoms with van der Waals surface area (Å²) < 4.78 is 4.71. The highest BCUT2D eigenvalue weighted by molar-refractivity contribution is 5.95. The van der Waals surface area contributed by atoms with Gasteiger partial charge in [0.1, 0.15) is 11.3 Å². The molecule has 3 rings (SSSR count). The molecule has 4 nitrogen and oxygen atoms in total. The van der Waals surface area contributed by atoms with Gasteiger partial charge in [0.05, 0.1) is 7.11 Å². The van der Waals surface area contributed by atoms with Crippen LogP contribution in [0.25, 0.3) is 11.0 Å². The van der Waals surface area contributed by atoms with Crippen molar-refractivity contribution < 1.29 is 9.53 Å². The van der Waals surface area contributed by atoms with Gasteiger partial charge < -0.3 is 9.72 Å². The molecule has 0 aromatic carbocycles. The number of ether oxygens (including phenoxy) is 1. The maximum Gasteiger partial charge on any atom is 0.354 e. The third-order valence-corrected chi connectivity index (χ3v) is 3.49. The van der Waals surface area contributed by atoms with E-state index in [0.29, 0.717) is 5.69 Å². The standard InChI is InChI=1S/C13H14N2O2/c1-7-8-4-3-5-10(8)14-12-9(7)6-11(15-12)13(16)17-2/h6H,3-5H2,1-2H3,(H,14,15). The summed E-state index contributed by atoms with van der Waals surface area (Å²) in [4.78, 5) is 19.1. The highest BCUT2D eigenvalue weighted by Gasteiger charge is 2.19. The minimum atomic E-state index is -0.345. The largest absolute Gasteiger partial charge is 0.464 e. The molecule has 88 valence electrons. The van der Waals surface area contributed by atoms with Gasteiger partial charge >= 0.3 is 5.97 Å². The number of rotatable bonds is 1. The number of nitrogens with one attached hydrogen (secondary N) is 1. The van der Waals surface area contributed by atoms with Crippen LogP contribution >= 0.6 is 0 Å². The fourth-order valence-corrected chi connectivity index (χ4v) is 2.59. The van der Waals surface area contributed by atoms with Crippen LogP contribution < -0.4 is 0 Å². The molecule has 0 atom stereocenters. The van der Waals surface area contributed by atoms with Crippen molar-refractivity contribution in [3.8, 4) is 0 Å². The van der Waals surface area contributed by atoms with Crippen LogP contribution in [0, 0.1) is 6.92 Å². The molecule has 0 aliphatic heterocycles. The highest BCUT2D eigenvalue weighted by Crippen LogP contribution is 2.29. The first kappa shape index (κ1) is 10.3. The summed E-state index contributed by atoms with van der Waals surface area (Å²) in [5, 5.41) is 1.03. The van der Waals surface area contributed by atoms with E-state index < -0.39 is 0 Å². The molecule has 2 aromatic rings. The molecule has 1 N–H and O–H groups in total. The van der Waals surface area contributed by atoms with Crippen molar-refractivity contribution in [2.45, 2.75) is 26.2 Å². The van der Waals surface area contributed by atoms with E-state index in [0.717, 1.165) is 23.9 Å². The number of aromatic amines is 1. The number of nitrogens with zero attached hydrogens (tertiary/aromatic N) is 1. The molecule has 0 saturated heterocycles. The first-order valence-corrected chi connectivity index (χ1v) is 5.80. The second kappa shape index (κ2) is 3.58. The summed E-state index contributed by atoms with van der Waals surface area (Å²) in [6.45, 7) is 2.10. The Labute approximate surface area is 99.0 Å². The average Bonchev–Trinajstić information content (AvgIpc) is 2.94. The maximum atomic E-state index is 11.5. The Bertz CT molecular complexity index is 613. The van der Waals surface area contributed by atoms with Gasteiger partial charge in [0.25, 0.3) is 0 Å². The summed E-state index contributed by atoms with van der Waals surface area (Å²) in [6, 6.07) is 1.84. The van der Waals surface area contributed by atoms with Crippen molar-refractivity contribution in [3.63, 3.8) is 0 Å². The molecule has 1 aliphatic carbocycles. The Morgan fingerprint density at radius 2 is 2.29 bits per heavy atom. The SMILES string of the molecule is COC(=O)c1cc2c(C)c3c(nc2[nH]1)CCC3. The summed E-state index contributed by atoms with van der Waals surface area (Å²) in [7, 11) is 1.38. The topological polar surface area (TPSA) is 55.0 Å². The summed E-state index contributed by atoms with van der Waals surface area (Å²) in [5.41, 5.74) is 5.04. The number of fused-ring (bicyclic) bond motifs is 2. The number of carbonyl (C=O) groups is 1. The van der Waals surface area contributed by atoms with Gasteiger partial charge in [0, 0.05) is 11.1 Å². The Kier molecular flexibility index (Phi) is 2.18. The molecule has 0 saturated carbocycles. The van der Waals surface area contributed by atoms with Gasteiger partial charge in [-0.05, 0) is 43.4 Å². The molecule has 0 spiro atoms. The lowest BCUT2D eigenvalue weighted by atomic mass is 10.1. The van der Waals surface area contributed by atoms with Crippen LogP contribution in [0.3, 0.4) is 0 Å². The van der Waals surface area contributed by atoms with Gasteiger partial charge in [0.15, 0.2) is 0 Å². The second-order valence-electron chi connectivity index (χ2n) is 4.45. The van der Waals surface area contributed by atoms with Crippen LogP contribution in [0.4, 0.5) is 0 Å². The molecule has 2 heterocycles. The molecular formula is C13H14N2O2. The minimum Gasteiger partial charge on any atom is -0.464 e. The Balaban J connectivity index is 2.24. The summed E-state index contributed by atoms with van der Waals surface area (Å²) >= 11 is 0. The van der Waals surface area contributed by atoms with Gasteiger partial charge in [-0.15, -0.1) is 0 Å². The molecule has 2 aromatic heterocycles. The maximum absolute atomic E-state index is 11.5. The monoisotopic (exact) mass is 230 g/mol. The number of hydrogen-bond donors (Lipinski definition) is 1. The molecule has 0 amide bonds. The van der Waals surface area contributed by atoms with Crippen LogP contribution in [-0.4, -0.2) is 23.0 Å². The number of esters is 1. The van der Waals surface area contributed by atoms with Gasteiger partial charge in [0.2, 0.25) is 0 Å². The van der Waals surface area contributed by atoms with Crippen molar-refractivity contribution in [1.29, 1.82) is 0 Å². The van der Waals surface area contributed by atoms with E-state index in [1.807, 2.05) is 6.07 Å². The van der Waals surface area contributed by atoms with Crippen LogP contribution in [0.15, 0.2) is 6.07 Å². The Morgan fingerprint density at radius 1 is 1.47 bits per heavy atom. The lowest BCUT2D eigenvalue weighted by Crippen LogP contribution is -2.00. The zero-order valence-corrected chi connectivity index (χ0v) is 9.96. The molecule has 0 bridgehead atoms. The van der Waals surface area contributed by atoms with Crippen LogP contribution in [0.2, 0.25) is 0 Å². The van der Waals surface area contributed by atoms with E-state index in [1.165, 1.54) is 30.4 Å². The lowest BCUT2D eigenvalue weighted by Gasteiger charge is -2.03. The predicted molar refractivity (Wildman–Crippen MR) is 64.2 cm³/mol. The zero-order valence-electron chi connectivity index (χ0n) is 9.96. The minimum absolute atomic E-state index is 0.345. The quantitative estimate of drug-likeness (QED) is 0.764. The van der Waals surface area contributed by atoms with Crippen molar-refractivity contribution in [2.24, 2.45) is 0 Å². The molecule has 0 fully saturated rings. The van der Waals surface area contributed by atoms with Crippen molar-refractivity contribution in [1.82, 2.24) is 9.97 Å². The second-order valence-corrected chi connectivity index (χ2v) is 4.45. The van der Waals surface area contributed by atoms with E-state index in [2.05, 4.69) is 16.9 Å². The third kappa shape index (κ3) is 1.44. The number of hydrogen-bond acceptors (Lipinski definition) is 3. The van der Waals surface area contributed by atoms with Gasteiger partial charge in [-0.3, -0.25) is 0 Å². The van der Waals surface area contributed by atoms with Crippen molar-refractivity contribution in [3.05, 3.63) is 28.6 Å². The Hall–Kier alpha value is -1.84. The van der Waals surface area contributed by atoms with E-state index in [1.54, 1.807) is 0 Å². The first-order valence-electron chi connectivity index (χ1n) is 5.80. The van der Waals surface area contributed by atoms with Gasteiger partial charge in [-0.2, -0.15) is 0 Å². The third-order valence-electron chi connectivity index (χ3n) is 3.49. The zero-order chi connectivity index (χ0) is 12.0.